The van der Waals surface area contributed by atoms with Crippen LogP contribution in [0.2, 0.25) is 0 Å². The molecule has 0 aromatic carbocycles. The molecule has 1 unspecified atom stereocenters. The molecule has 13 heavy (non-hydrogen) atoms. The molecule has 1 aliphatic carbocycles. The molecule has 2 rings (SSSR count). The van der Waals surface area contributed by atoms with E-state index in [1.54, 1.807) is 6.26 Å². The van der Waals surface area contributed by atoms with Crippen molar-refractivity contribution < 1.29 is 4.55 Å². The minimum absolute atomic E-state index is 0.473. The number of rotatable bonds is 1. The van der Waals surface area contributed by atoms with Crippen LogP contribution in [0.5, 0.6) is 0 Å². The number of fused-ring (bicyclic) bond motifs is 1. The van der Waals surface area contributed by atoms with Gasteiger partial charge >= 0.3 is 5.16 Å². The van der Waals surface area contributed by atoms with Crippen LogP contribution in [0.3, 0.4) is 0 Å². The second kappa shape index (κ2) is 3.64. The molecule has 0 radical (unpaired) electrons. The van der Waals surface area contributed by atoms with E-state index in [1.807, 2.05) is 6.20 Å². The highest BCUT2D eigenvalue weighted by Crippen LogP contribution is 2.19. The molecule has 1 aromatic heterocycles. The summed E-state index contributed by atoms with van der Waals surface area (Å²) in [6.45, 7) is 0. The molecule has 0 N–H and O–H groups in total. The summed E-state index contributed by atoms with van der Waals surface area (Å²) in [5, 5.41) is 0.473. The highest BCUT2D eigenvalue weighted by atomic mass is 32.2. The third-order valence-electron chi connectivity index (χ3n) is 2.30. The van der Waals surface area contributed by atoms with Gasteiger partial charge in [0.25, 0.3) is 0 Å². The van der Waals surface area contributed by atoms with E-state index >= 15 is 0 Å². The van der Waals surface area contributed by atoms with Gasteiger partial charge in [-0.25, -0.2) is 0 Å². The second-order valence-electron chi connectivity index (χ2n) is 3.29. The van der Waals surface area contributed by atoms with Crippen molar-refractivity contribution in [3.05, 3.63) is 17.5 Å². The van der Waals surface area contributed by atoms with Gasteiger partial charge in [-0.15, -0.1) is 0 Å². The first-order valence-corrected chi connectivity index (χ1v) is 6.01. The number of nitrogens with zero attached hydrogens (tertiary/aromatic N) is 2. The van der Waals surface area contributed by atoms with Crippen LogP contribution in [0.25, 0.3) is 0 Å². The summed E-state index contributed by atoms with van der Waals surface area (Å²) in [7, 11) is 0. The van der Waals surface area contributed by atoms with Crippen LogP contribution in [-0.4, -0.2) is 20.8 Å². The van der Waals surface area contributed by atoms with Crippen molar-refractivity contribution in [3.63, 3.8) is 0 Å². The van der Waals surface area contributed by atoms with Gasteiger partial charge in [0.2, 0.25) is 0 Å². The van der Waals surface area contributed by atoms with Gasteiger partial charge in [0.15, 0.2) is 0 Å². The third-order valence-corrected chi connectivity index (χ3v) is 3.01. The fourth-order valence-electron chi connectivity index (χ4n) is 1.60. The first kappa shape index (κ1) is 8.97. The van der Waals surface area contributed by atoms with Gasteiger partial charge in [0, 0.05) is 17.4 Å². The predicted octanol–water partition coefficient (Wildman–Crippen LogP) is 1.09. The van der Waals surface area contributed by atoms with Crippen molar-refractivity contribution in [1.82, 2.24) is 9.97 Å². The van der Waals surface area contributed by atoms with Crippen LogP contribution >= 0.6 is 0 Å². The molecule has 1 aliphatic rings. The van der Waals surface area contributed by atoms with Crippen LogP contribution in [0.1, 0.15) is 24.1 Å². The Labute approximate surface area is 80.8 Å². The molecule has 4 heteroatoms. The zero-order valence-corrected chi connectivity index (χ0v) is 8.43. The van der Waals surface area contributed by atoms with Gasteiger partial charge in [-0.2, -0.15) is 9.97 Å². The molecule has 0 amide bonds. The third kappa shape index (κ3) is 1.84. The molecule has 0 aliphatic heterocycles. The number of hydrogen-bond donors (Lipinski definition) is 0. The monoisotopic (exact) mass is 196 g/mol. The Hall–Kier alpha value is -0.610. The molecule has 1 aromatic rings. The number of hydrogen-bond acceptors (Lipinski definition) is 3. The average Bonchev–Trinajstić information content (AvgIpc) is 2.17. The molecule has 1 heterocycles. The van der Waals surface area contributed by atoms with Crippen molar-refractivity contribution >= 4 is 11.2 Å². The standard InChI is InChI=1S/C9H12N2OS/c1-13(12)9-10-6-7-4-2-3-5-8(7)11-9/h6H,2-5H2,1H3. The lowest BCUT2D eigenvalue weighted by Gasteiger charge is -2.14. The largest absolute Gasteiger partial charge is 0.609 e. The maximum Gasteiger partial charge on any atom is 0.342 e. The normalized spacial score (nSPS) is 18.0. The average molecular weight is 196 g/mol. The molecular weight excluding hydrogens is 184 g/mol. The summed E-state index contributed by atoms with van der Waals surface area (Å²) in [6, 6.07) is 0. The van der Waals surface area contributed by atoms with E-state index in [1.165, 1.54) is 18.4 Å². The zero-order valence-electron chi connectivity index (χ0n) is 7.62. The van der Waals surface area contributed by atoms with Gasteiger partial charge in [-0.05, 0) is 31.2 Å². The van der Waals surface area contributed by atoms with Crippen molar-refractivity contribution in [2.75, 3.05) is 6.26 Å². The molecule has 0 saturated carbocycles. The van der Waals surface area contributed by atoms with E-state index < -0.39 is 11.2 Å². The molecular formula is C9H12N2OS. The summed E-state index contributed by atoms with van der Waals surface area (Å²) in [5.41, 5.74) is 2.34. The molecule has 0 spiro atoms. The van der Waals surface area contributed by atoms with E-state index in [0.29, 0.717) is 5.16 Å². The van der Waals surface area contributed by atoms with Crippen molar-refractivity contribution in [2.45, 2.75) is 30.8 Å². The van der Waals surface area contributed by atoms with Crippen LogP contribution < -0.4 is 0 Å². The minimum atomic E-state index is -1.05. The predicted molar refractivity (Wildman–Crippen MR) is 51.0 cm³/mol. The molecule has 0 fully saturated rings. The second-order valence-corrected chi connectivity index (χ2v) is 4.56. The SMILES string of the molecule is C[S+]([O-])c1ncc2c(n1)CCCC2. The van der Waals surface area contributed by atoms with Gasteiger partial charge in [-0.3, -0.25) is 0 Å². The van der Waals surface area contributed by atoms with Gasteiger partial charge in [0.1, 0.15) is 6.26 Å². The Morgan fingerprint density at radius 1 is 1.38 bits per heavy atom. The maximum atomic E-state index is 11.1. The highest BCUT2D eigenvalue weighted by molar-refractivity contribution is 7.90. The quantitative estimate of drug-likeness (QED) is 0.499. The van der Waals surface area contributed by atoms with Gasteiger partial charge in [0.05, 0.1) is 5.69 Å². The lowest BCUT2D eigenvalue weighted by Crippen LogP contribution is -2.11. The van der Waals surface area contributed by atoms with E-state index in [0.717, 1.165) is 18.5 Å². The molecule has 3 nitrogen and oxygen atoms in total. The minimum Gasteiger partial charge on any atom is -0.609 e. The molecule has 1 atom stereocenters. The van der Waals surface area contributed by atoms with Crippen LogP contribution in [-0.2, 0) is 24.0 Å². The summed E-state index contributed by atoms with van der Waals surface area (Å²) >= 11 is -1.05. The Kier molecular flexibility index (Phi) is 2.51. The Balaban J connectivity index is 2.35. The van der Waals surface area contributed by atoms with Crippen LogP contribution in [0.4, 0.5) is 0 Å². The summed E-state index contributed by atoms with van der Waals surface area (Å²) in [4.78, 5) is 8.38. The number of aryl methyl sites for hydroxylation is 2. The highest BCUT2D eigenvalue weighted by Gasteiger charge is 2.15. The van der Waals surface area contributed by atoms with Crippen LogP contribution in [0.15, 0.2) is 11.4 Å². The van der Waals surface area contributed by atoms with E-state index in [9.17, 15) is 4.55 Å². The molecule has 0 bridgehead atoms. The van der Waals surface area contributed by atoms with E-state index in [-0.39, 0.29) is 0 Å². The fraction of sp³-hybridized carbons (Fsp3) is 0.556. The summed E-state index contributed by atoms with van der Waals surface area (Å²) in [5.74, 6) is 0. The topological polar surface area (TPSA) is 48.8 Å². The lowest BCUT2D eigenvalue weighted by atomic mass is 9.98. The van der Waals surface area contributed by atoms with Gasteiger partial charge < -0.3 is 4.55 Å². The van der Waals surface area contributed by atoms with Gasteiger partial charge in [-0.1, -0.05) is 0 Å². The maximum absolute atomic E-state index is 11.1. The van der Waals surface area contributed by atoms with Crippen molar-refractivity contribution in [1.29, 1.82) is 0 Å². The van der Waals surface area contributed by atoms with Crippen LogP contribution in [0, 0.1) is 0 Å². The fourth-order valence-corrected chi connectivity index (χ4v) is 2.04. The first-order valence-electron chi connectivity index (χ1n) is 4.45. The van der Waals surface area contributed by atoms with E-state index in [4.69, 9.17) is 0 Å². The van der Waals surface area contributed by atoms with Crippen molar-refractivity contribution in [2.24, 2.45) is 0 Å². The zero-order chi connectivity index (χ0) is 9.26. The molecule has 0 saturated heterocycles. The summed E-state index contributed by atoms with van der Waals surface area (Å²) in [6.07, 6.45) is 7.96. The van der Waals surface area contributed by atoms with E-state index in [2.05, 4.69) is 9.97 Å². The molecule has 70 valence electrons. The first-order chi connectivity index (χ1) is 6.27. The lowest BCUT2D eigenvalue weighted by molar-refractivity contribution is 0.585. The Bertz CT molecular complexity index is 314. The Morgan fingerprint density at radius 3 is 2.92 bits per heavy atom. The smallest absolute Gasteiger partial charge is 0.342 e. The Morgan fingerprint density at radius 2 is 2.15 bits per heavy atom. The van der Waals surface area contributed by atoms with Crippen molar-refractivity contribution in [3.8, 4) is 0 Å². The summed E-state index contributed by atoms with van der Waals surface area (Å²) < 4.78 is 11.1. The number of aromatic nitrogens is 2.